The van der Waals surface area contributed by atoms with Crippen LogP contribution in [0.25, 0.3) is 0 Å². The van der Waals surface area contributed by atoms with Crippen molar-refractivity contribution in [2.45, 2.75) is 13.8 Å². The Labute approximate surface area is 105 Å². The van der Waals surface area contributed by atoms with Gasteiger partial charge in [0.15, 0.2) is 12.4 Å². The number of halogens is 1. The number of Topliss-reactive ketones (excluding diaryl/α,β-unsaturated/α-hetero) is 1. The SMILES string of the molecule is C=C(C)C(=O)c1ccc(OCC(=O)Cl)cc1C. The lowest BCUT2D eigenvalue weighted by atomic mass is 10.0. The van der Waals surface area contributed by atoms with Gasteiger partial charge in [-0.3, -0.25) is 9.59 Å². The number of hydrogen-bond acceptors (Lipinski definition) is 3. The highest BCUT2D eigenvalue weighted by Gasteiger charge is 2.10. The van der Waals surface area contributed by atoms with E-state index in [1.165, 1.54) is 0 Å². The maximum Gasteiger partial charge on any atom is 0.259 e. The molecule has 0 saturated heterocycles. The number of aryl methyl sites for hydroxylation is 1. The molecule has 0 bridgehead atoms. The van der Waals surface area contributed by atoms with Crippen molar-refractivity contribution in [2.75, 3.05) is 6.61 Å². The van der Waals surface area contributed by atoms with E-state index in [2.05, 4.69) is 6.58 Å². The molecule has 3 nitrogen and oxygen atoms in total. The van der Waals surface area contributed by atoms with Gasteiger partial charge in [0.05, 0.1) is 0 Å². The van der Waals surface area contributed by atoms with Crippen molar-refractivity contribution in [1.29, 1.82) is 0 Å². The molecule has 1 aromatic rings. The number of allylic oxidation sites excluding steroid dienone is 1. The van der Waals surface area contributed by atoms with E-state index in [4.69, 9.17) is 16.3 Å². The summed E-state index contributed by atoms with van der Waals surface area (Å²) in [5, 5.41) is -0.565. The van der Waals surface area contributed by atoms with E-state index in [1.54, 1.807) is 32.0 Å². The van der Waals surface area contributed by atoms with E-state index in [1.807, 2.05) is 0 Å². The minimum atomic E-state index is -0.565. The first-order chi connectivity index (χ1) is 7.91. The molecule has 0 amide bonds. The topological polar surface area (TPSA) is 43.4 Å². The van der Waals surface area contributed by atoms with Crippen LogP contribution in [-0.4, -0.2) is 17.6 Å². The molecular formula is C13H13ClO3. The lowest BCUT2D eigenvalue weighted by Crippen LogP contribution is -2.06. The number of carbonyl (C=O) groups is 2. The molecule has 4 heteroatoms. The second-order valence-electron chi connectivity index (χ2n) is 3.73. The second-order valence-corrected chi connectivity index (χ2v) is 4.15. The third-order valence-corrected chi connectivity index (χ3v) is 2.29. The number of ketones is 1. The number of rotatable bonds is 5. The van der Waals surface area contributed by atoms with Crippen LogP contribution in [0.3, 0.4) is 0 Å². The predicted octanol–water partition coefficient (Wildman–Crippen LogP) is 2.90. The standard InChI is InChI=1S/C13H13ClO3/c1-8(2)13(16)11-5-4-10(6-9(11)3)17-7-12(14)15/h4-6H,1,7H2,2-3H3. The molecule has 1 aromatic carbocycles. The van der Waals surface area contributed by atoms with Crippen molar-refractivity contribution in [3.63, 3.8) is 0 Å². The summed E-state index contributed by atoms with van der Waals surface area (Å²) >= 11 is 5.16. The van der Waals surface area contributed by atoms with Gasteiger partial charge in [0.25, 0.3) is 5.24 Å². The molecule has 0 aromatic heterocycles. The minimum absolute atomic E-state index is 0.0949. The lowest BCUT2D eigenvalue weighted by molar-refractivity contribution is -0.113. The second kappa shape index (κ2) is 5.64. The van der Waals surface area contributed by atoms with Gasteiger partial charge in [-0.05, 0) is 54.8 Å². The van der Waals surface area contributed by atoms with Crippen LogP contribution in [0, 0.1) is 6.92 Å². The van der Waals surface area contributed by atoms with E-state index in [0.717, 1.165) is 5.56 Å². The summed E-state index contributed by atoms with van der Waals surface area (Å²) in [5.41, 5.74) is 1.84. The van der Waals surface area contributed by atoms with Crippen LogP contribution >= 0.6 is 11.6 Å². The summed E-state index contributed by atoms with van der Waals surface area (Å²) < 4.78 is 5.13. The zero-order valence-electron chi connectivity index (χ0n) is 9.75. The van der Waals surface area contributed by atoms with Crippen molar-refractivity contribution < 1.29 is 14.3 Å². The Balaban J connectivity index is 2.90. The third kappa shape index (κ3) is 3.71. The molecule has 0 radical (unpaired) electrons. The predicted molar refractivity (Wildman–Crippen MR) is 66.7 cm³/mol. The molecule has 0 aliphatic rings. The molecule has 1 rings (SSSR count). The lowest BCUT2D eigenvalue weighted by Gasteiger charge is -2.08. The van der Waals surface area contributed by atoms with Gasteiger partial charge in [-0.2, -0.15) is 0 Å². The zero-order chi connectivity index (χ0) is 13.0. The van der Waals surface area contributed by atoms with Crippen LogP contribution in [0.15, 0.2) is 30.4 Å². The maximum atomic E-state index is 11.7. The highest BCUT2D eigenvalue weighted by molar-refractivity contribution is 6.63. The summed E-state index contributed by atoms with van der Waals surface area (Å²) in [6.07, 6.45) is 0. The highest BCUT2D eigenvalue weighted by atomic mass is 35.5. The smallest absolute Gasteiger partial charge is 0.259 e. The molecule has 0 fully saturated rings. The number of carbonyl (C=O) groups excluding carboxylic acids is 2. The van der Waals surface area contributed by atoms with E-state index in [0.29, 0.717) is 16.9 Å². The Morgan fingerprint density at radius 3 is 2.53 bits per heavy atom. The molecule has 0 saturated carbocycles. The Hall–Kier alpha value is -1.61. The summed E-state index contributed by atoms with van der Waals surface area (Å²) in [6.45, 7) is 6.89. The molecule has 0 aliphatic heterocycles. The van der Waals surface area contributed by atoms with Crippen molar-refractivity contribution in [2.24, 2.45) is 0 Å². The Bertz CT molecular complexity index is 478. The van der Waals surface area contributed by atoms with E-state index >= 15 is 0 Å². The molecule has 0 atom stereocenters. The third-order valence-electron chi connectivity index (χ3n) is 2.18. The summed E-state index contributed by atoms with van der Waals surface area (Å²) in [5.74, 6) is 0.414. The normalized spacial score (nSPS) is 9.82. The van der Waals surface area contributed by atoms with E-state index < -0.39 is 5.24 Å². The molecule has 0 heterocycles. The Kier molecular flexibility index (Phi) is 4.46. The Morgan fingerprint density at radius 1 is 1.41 bits per heavy atom. The summed E-state index contributed by atoms with van der Waals surface area (Å²) in [6, 6.07) is 4.97. The largest absolute Gasteiger partial charge is 0.484 e. The van der Waals surface area contributed by atoms with Crippen molar-refractivity contribution in [3.8, 4) is 5.75 Å². The Morgan fingerprint density at radius 2 is 2.06 bits per heavy atom. The molecule has 0 unspecified atom stereocenters. The van der Waals surface area contributed by atoms with E-state index in [9.17, 15) is 9.59 Å². The van der Waals surface area contributed by atoms with Crippen LogP contribution in [0.4, 0.5) is 0 Å². The van der Waals surface area contributed by atoms with Gasteiger partial charge in [0.1, 0.15) is 5.75 Å². The average molecular weight is 253 g/mol. The summed E-state index contributed by atoms with van der Waals surface area (Å²) in [7, 11) is 0. The minimum Gasteiger partial charge on any atom is -0.484 e. The monoisotopic (exact) mass is 252 g/mol. The van der Waals surface area contributed by atoms with Crippen LogP contribution in [-0.2, 0) is 4.79 Å². The van der Waals surface area contributed by atoms with Gasteiger partial charge in [-0.1, -0.05) is 6.58 Å². The van der Waals surface area contributed by atoms with Gasteiger partial charge in [0, 0.05) is 5.56 Å². The average Bonchev–Trinajstić information content (AvgIpc) is 2.25. The van der Waals surface area contributed by atoms with Gasteiger partial charge in [-0.15, -0.1) is 0 Å². The van der Waals surface area contributed by atoms with Crippen molar-refractivity contribution >= 4 is 22.6 Å². The van der Waals surface area contributed by atoms with Gasteiger partial charge < -0.3 is 4.74 Å². The summed E-state index contributed by atoms with van der Waals surface area (Å²) in [4.78, 5) is 22.3. The van der Waals surface area contributed by atoms with Gasteiger partial charge in [-0.25, -0.2) is 0 Å². The van der Waals surface area contributed by atoms with Gasteiger partial charge in [0.2, 0.25) is 0 Å². The van der Waals surface area contributed by atoms with Crippen molar-refractivity contribution in [3.05, 3.63) is 41.5 Å². The fourth-order valence-corrected chi connectivity index (χ4v) is 1.41. The molecular weight excluding hydrogens is 240 g/mol. The van der Waals surface area contributed by atoms with Gasteiger partial charge >= 0.3 is 0 Å². The van der Waals surface area contributed by atoms with Crippen LogP contribution in [0.2, 0.25) is 0 Å². The van der Waals surface area contributed by atoms with E-state index in [-0.39, 0.29) is 12.4 Å². The highest BCUT2D eigenvalue weighted by Crippen LogP contribution is 2.19. The first kappa shape index (κ1) is 13.5. The van der Waals surface area contributed by atoms with Crippen LogP contribution in [0.5, 0.6) is 5.75 Å². The molecule has 17 heavy (non-hydrogen) atoms. The quantitative estimate of drug-likeness (QED) is 0.460. The first-order valence-corrected chi connectivity index (χ1v) is 5.41. The fourth-order valence-electron chi connectivity index (χ4n) is 1.35. The number of hydrogen-bond donors (Lipinski definition) is 0. The van der Waals surface area contributed by atoms with Crippen molar-refractivity contribution in [1.82, 2.24) is 0 Å². The molecule has 0 aliphatic carbocycles. The molecule has 0 N–H and O–H groups in total. The maximum absolute atomic E-state index is 11.7. The fraction of sp³-hybridized carbons (Fsp3) is 0.231. The number of benzene rings is 1. The molecule has 0 spiro atoms. The first-order valence-electron chi connectivity index (χ1n) is 5.04. The number of ether oxygens (including phenoxy) is 1. The zero-order valence-corrected chi connectivity index (χ0v) is 10.5. The van der Waals surface area contributed by atoms with Crippen LogP contribution in [0.1, 0.15) is 22.8 Å². The van der Waals surface area contributed by atoms with Crippen LogP contribution < -0.4 is 4.74 Å². The molecule has 90 valence electrons.